The molecule has 0 spiro atoms. The van der Waals surface area contributed by atoms with Crippen LogP contribution in [-0.4, -0.2) is 18.8 Å². The van der Waals surface area contributed by atoms with Crippen molar-refractivity contribution in [3.05, 3.63) is 70.8 Å². The van der Waals surface area contributed by atoms with E-state index in [1.54, 1.807) is 0 Å². The fourth-order valence-corrected chi connectivity index (χ4v) is 7.28. The minimum absolute atomic E-state index is 0.251. The highest BCUT2D eigenvalue weighted by Gasteiger charge is 2.33. The van der Waals surface area contributed by atoms with Crippen LogP contribution in [0.15, 0.2) is 48.5 Å². The number of benzene rings is 2. The molecule has 0 aromatic heterocycles. The smallest absolute Gasteiger partial charge is 0.137 e. The summed E-state index contributed by atoms with van der Waals surface area (Å²) < 4.78 is 0. The lowest BCUT2D eigenvalue weighted by Crippen LogP contribution is -2.09. The minimum Gasteiger partial charge on any atom is -0.138 e. The molecule has 2 aromatic carbocycles. The van der Waals surface area contributed by atoms with Crippen LogP contribution in [0.1, 0.15) is 43.0 Å². The van der Waals surface area contributed by atoms with Crippen LogP contribution >= 0.6 is 22.7 Å². The Morgan fingerprint density at radius 1 is 0.880 bits per heavy atom. The predicted molar refractivity (Wildman–Crippen MR) is 115 cm³/mol. The lowest BCUT2D eigenvalue weighted by molar-refractivity contribution is 1.11. The van der Waals surface area contributed by atoms with E-state index in [0.29, 0.717) is 5.88 Å². The first-order chi connectivity index (χ1) is 12.1. The fraction of sp³-hybridized carbons (Fsp3) is 0.318. The lowest BCUT2D eigenvalue weighted by atomic mass is 9.86. The van der Waals surface area contributed by atoms with Crippen LogP contribution in [0, 0.1) is 0 Å². The van der Waals surface area contributed by atoms with Crippen molar-refractivity contribution in [1.82, 2.24) is 0 Å². The SMILES string of the molecule is CCc1ccccc1C1=C(c2ccccc2CC)C(CCl)[Si](Cl)=C1C. The largest absolute Gasteiger partial charge is 0.138 e. The third-order valence-corrected chi connectivity index (χ3v) is 9.45. The van der Waals surface area contributed by atoms with Crippen molar-refractivity contribution in [3.8, 4) is 0 Å². The van der Waals surface area contributed by atoms with Crippen LogP contribution in [-0.2, 0) is 12.8 Å². The summed E-state index contributed by atoms with van der Waals surface area (Å²) in [5, 5.41) is 1.35. The standard InChI is InChI=1S/C22H24Cl2Si/c1-4-16-10-6-8-12-18(16)21-15(3)25(24)20(14-23)22(21)19-13-9-7-11-17(19)5-2/h6-13,20H,4-5,14H2,1-3H3. The van der Waals surface area contributed by atoms with Gasteiger partial charge in [0.15, 0.2) is 0 Å². The average molecular weight is 387 g/mol. The summed E-state index contributed by atoms with van der Waals surface area (Å²) in [5.41, 5.74) is 8.39. The Bertz CT molecular complexity index is 849. The van der Waals surface area contributed by atoms with Crippen molar-refractivity contribution in [2.45, 2.75) is 39.2 Å². The van der Waals surface area contributed by atoms with Crippen LogP contribution in [0.3, 0.4) is 0 Å². The number of allylic oxidation sites excluding steroid dienone is 2. The van der Waals surface area contributed by atoms with E-state index in [9.17, 15) is 0 Å². The molecule has 1 unspecified atom stereocenters. The Balaban J connectivity index is 2.34. The molecule has 0 radical (unpaired) electrons. The normalized spacial score (nSPS) is 17.6. The molecule has 0 fully saturated rings. The van der Waals surface area contributed by atoms with Gasteiger partial charge in [-0.3, -0.25) is 0 Å². The summed E-state index contributed by atoms with van der Waals surface area (Å²) in [6.45, 7) is 6.64. The molecule has 2 aromatic rings. The number of hydrogen-bond donors (Lipinski definition) is 0. The molecule has 0 saturated carbocycles. The topological polar surface area (TPSA) is 0 Å². The van der Waals surface area contributed by atoms with Gasteiger partial charge in [0.05, 0.1) is 0 Å². The number of alkyl halides is 1. The van der Waals surface area contributed by atoms with E-state index in [-0.39, 0.29) is 5.54 Å². The van der Waals surface area contributed by atoms with Gasteiger partial charge < -0.3 is 0 Å². The van der Waals surface area contributed by atoms with Gasteiger partial charge in [-0.25, -0.2) is 0 Å². The van der Waals surface area contributed by atoms with Crippen molar-refractivity contribution >= 4 is 46.7 Å². The highest BCUT2D eigenvalue weighted by atomic mass is 35.6. The van der Waals surface area contributed by atoms with Crippen LogP contribution in [0.25, 0.3) is 11.1 Å². The molecule has 25 heavy (non-hydrogen) atoms. The molecule has 1 atom stereocenters. The number of halogens is 2. The van der Waals surface area contributed by atoms with Crippen molar-refractivity contribution in [3.63, 3.8) is 0 Å². The summed E-state index contributed by atoms with van der Waals surface area (Å²) in [4.78, 5) is 0. The Kier molecular flexibility index (Phi) is 5.99. The van der Waals surface area contributed by atoms with Gasteiger partial charge in [0.2, 0.25) is 0 Å². The van der Waals surface area contributed by atoms with E-state index < -0.39 is 7.72 Å². The number of hydrogen-bond acceptors (Lipinski definition) is 0. The molecule has 0 N–H and O–H groups in total. The second-order valence-corrected chi connectivity index (χ2v) is 10.2. The Hall–Kier alpha value is -1.15. The third kappa shape index (κ3) is 3.30. The molecule has 3 rings (SSSR count). The summed E-state index contributed by atoms with van der Waals surface area (Å²) in [6, 6.07) is 17.5. The Labute approximate surface area is 162 Å². The van der Waals surface area contributed by atoms with Crippen molar-refractivity contribution in [1.29, 1.82) is 0 Å². The summed E-state index contributed by atoms with van der Waals surface area (Å²) >= 11 is 13.4. The van der Waals surface area contributed by atoms with Crippen LogP contribution in [0.5, 0.6) is 0 Å². The van der Waals surface area contributed by atoms with Crippen molar-refractivity contribution in [2.24, 2.45) is 0 Å². The zero-order chi connectivity index (χ0) is 18.0. The first kappa shape index (κ1) is 18.6. The summed E-state index contributed by atoms with van der Waals surface area (Å²) in [5.74, 6) is 0.584. The fourth-order valence-electron chi connectivity index (χ4n) is 3.86. The Morgan fingerprint density at radius 2 is 1.40 bits per heavy atom. The van der Waals surface area contributed by atoms with Crippen LogP contribution in [0.2, 0.25) is 5.54 Å². The molecule has 0 aliphatic carbocycles. The van der Waals surface area contributed by atoms with E-state index >= 15 is 0 Å². The maximum atomic E-state index is 6.95. The van der Waals surface area contributed by atoms with E-state index in [4.69, 9.17) is 22.7 Å². The van der Waals surface area contributed by atoms with Gasteiger partial charge in [-0.15, -0.1) is 22.7 Å². The van der Waals surface area contributed by atoms with Crippen LogP contribution in [0.4, 0.5) is 0 Å². The summed E-state index contributed by atoms with van der Waals surface area (Å²) in [7, 11) is -1.18. The van der Waals surface area contributed by atoms with E-state index in [1.807, 2.05) is 0 Å². The van der Waals surface area contributed by atoms with Crippen molar-refractivity contribution in [2.75, 3.05) is 5.88 Å². The van der Waals surface area contributed by atoms with E-state index in [1.165, 1.54) is 38.6 Å². The van der Waals surface area contributed by atoms with Gasteiger partial charge in [-0.1, -0.05) is 62.4 Å². The maximum absolute atomic E-state index is 6.95. The average Bonchev–Trinajstić information content (AvgIpc) is 2.91. The van der Waals surface area contributed by atoms with E-state index in [2.05, 4.69) is 69.3 Å². The molecule has 1 aliphatic rings. The zero-order valence-corrected chi connectivity index (χ0v) is 17.6. The molecule has 130 valence electrons. The molecule has 0 saturated heterocycles. The van der Waals surface area contributed by atoms with E-state index in [0.717, 1.165) is 12.8 Å². The second kappa shape index (κ2) is 8.03. The zero-order valence-electron chi connectivity index (χ0n) is 15.1. The molecule has 1 heterocycles. The highest BCUT2D eigenvalue weighted by Crippen LogP contribution is 2.45. The van der Waals surface area contributed by atoms with Gasteiger partial charge in [-0.05, 0) is 58.3 Å². The molecule has 0 amide bonds. The summed E-state index contributed by atoms with van der Waals surface area (Å²) in [6.07, 6.45) is 2.03. The number of aryl methyl sites for hydroxylation is 2. The third-order valence-electron chi connectivity index (χ3n) is 5.17. The molecule has 0 bridgehead atoms. The van der Waals surface area contributed by atoms with Gasteiger partial charge in [-0.2, -0.15) is 0 Å². The molecular formula is C22H24Cl2Si. The molecular weight excluding hydrogens is 363 g/mol. The lowest BCUT2D eigenvalue weighted by Gasteiger charge is -2.20. The van der Waals surface area contributed by atoms with Crippen molar-refractivity contribution < 1.29 is 0 Å². The van der Waals surface area contributed by atoms with Gasteiger partial charge in [0.25, 0.3) is 0 Å². The van der Waals surface area contributed by atoms with Gasteiger partial charge in [0.1, 0.15) is 7.72 Å². The highest BCUT2D eigenvalue weighted by molar-refractivity contribution is 7.16. The minimum atomic E-state index is -1.18. The monoisotopic (exact) mass is 386 g/mol. The first-order valence-corrected chi connectivity index (χ1v) is 12.1. The maximum Gasteiger partial charge on any atom is 0.137 e. The quantitative estimate of drug-likeness (QED) is 0.319. The first-order valence-electron chi connectivity index (χ1n) is 8.97. The van der Waals surface area contributed by atoms with Crippen LogP contribution < -0.4 is 0 Å². The predicted octanol–water partition coefficient (Wildman–Crippen LogP) is 6.35. The second-order valence-electron chi connectivity index (χ2n) is 6.49. The van der Waals surface area contributed by atoms with Gasteiger partial charge in [0, 0.05) is 11.4 Å². The molecule has 3 heteroatoms. The van der Waals surface area contributed by atoms with Gasteiger partial charge >= 0.3 is 0 Å². The molecule has 1 aliphatic heterocycles. The number of rotatable bonds is 5. The molecule has 0 nitrogen and oxygen atoms in total. The Morgan fingerprint density at radius 3 is 1.96 bits per heavy atom.